The Hall–Kier alpha value is -2.63. The van der Waals surface area contributed by atoms with Crippen LogP contribution in [0.25, 0.3) is 0 Å². The van der Waals surface area contributed by atoms with Crippen LogP contribution < -0.4 is 20.9 Å². The van der Waals surface area contributed by atoms with Crippen molar-refractivity contribution in [3.8, 4) is 0 Å². The lowest BCUT2D eigenvalue weighted by Crippen LogP contribution is -2.39. The lowest BCUT2D eigenvalue weighted by atomic mass is 10.3. The zero-order valence-corrected chi connectivity index (χ0v) is 16.7. The van der Waals surface area contributed by atoms with Gasteiger partial charge in [-0.25, -0.2) is 8.42 Å². The van der Waals surface area contributed by atoms with Crippen molar-refractivity contribution in [1.29, 1.82) is 0 Å². The molecule has 0 heterocycles. The number of sulfonamides is 1. The number of benzene rings is 2. The Morgan fingerprint density at radius 3 is 2.61 bits per heavy atom. The number of nitro benzene ring substituents is 1. The molecule has 2 aromatic carbocycles. The van der Waals surface area contributed by atoms with Crippen LogP contribution in [0.2, 0.25) is 5.02 Å². The number of halogens is 1. The van der Waals surface area contributed by atoms with Crippen LogP contribution in [-0.2, 0) is 10.0 Å². The molecule has 0 atom stereocenters. The molecule has 12 heteroatoms. The second kappa shape index (κ2) is 8.17. The molecule has 1 saturated carbocycles. The number of nitrogens with one attached hydrogen (secondary N) is 4. The molecule has 28 heavy (non-hydrogen) atoms. The highest BCUT2D eigenvalue weighted by Crippen LogP contribution is 2.28. The van der Waals surface area contributed by atoms with E-state index in [9.17, 15) is 18.5 Å². The lowest BCUT2D eigenvalue weighted by Gasteiger charge is -2.13. The Kier molecular flexibility index (Phi) is 5.87. The minimum atomic E-state index is -4.04. The fraction of sp³-hybridized carbons (Fsp3) is 0.188. The molecule has 0 spiro atoms. The van der Waals surface area contributed by atoms with Crippen molar-refractivity contribution in [1.82, 2.24) is 10.7 Å². The molecule has 0 unspecified atom stereocenters. The lowest BCUT2D eigenvalue weighted by molar-refractivity contribution is -0.384. The van der Waals surface area contributed by atoms with Gasteiger partial charge in [-0.2, -0.15) is 0 Å². The van der Waals surface area contributed by atoms with Crippen LogP contribution in [0.5, 0.6) is 0 Å². The molecule has 1 fully saturated rings. The average molecular weight is 442 g/mol. The van der Waals surface area contributed by atoms with Crippen molar-refractivity contribution in [2.45, 2.75) is 23.8 Å². The summed E-state index contributed by atoms with van der Waals surface area (Å²) in [5.41, 5.74) is 5.19. The van der Waals surface area contributed by atoms with Gasteiger partial charge in [0.05, 0.1) is 15.5 Å². The van der Waals surface area contributed by atoms with Crippen LogP contribution in [0.3, 0.4) is 0 Å². The second-order valence-electron chi connectivity index (χ2n) is 6.05. The first-order valence-corrected chi connectivity index (χ1v) is 10.4. The molecule has 2 aromatic rings. The molecular weight excluding hydrogens is 426 g/mol. The van der Waals surface area contributed by atoms with Gasteiger partial charge in [0.1, 0.15) is 5.69 Å². The van der Waals surface area contributed by atoms with E-state index >= 15 is 0 Å². The third kappa shape index (κ3) is 5.21. The highest BCUT2D eigenvalue weighted by atomic mass is 35.5. The summed E-state index contributed by atoms with van der Waals surface area (Å²) in [6, 6.07) is 9.96. The van der Waals surface area contributed by atoms with Gasteiger partial charge in [0.25, 0.3) is 15.7 Å². The first-order valence-electron chi connectivity index (χ1n) is 8.14. The summed E-state index contributed by atoms with van der Waals surface area (Å²) < 4.78 is 27.4. The minimum Gasteiger partial charge on any atom is -0.359 e. The van der Waals surface area contributed by atoms with Crippen LogP contribution in [0, 0.1) is 10.1 Å². The number of thiocarbonyl (C=S) groups is 1. The van der Waals surface area contributed by atoms with Gasteiger partial charge >= 0.3 is 0 Å². The molecule has 1 aliphatic carbocycles. The maximum absolute atomic E-state index is 12.5. The van der Waals surface area contributed by atoms with E-state index in [0.717, 1.165) is 18.9 Å². The predicted molar refractivity (Wildman–Crippen MR) is 111 cm³/mol. The number of hydrazine groups is 1. The Balaban J connectivity index is 1.78. The van der Waals surface area contributed by atoms with Crippen molar-refractivity contribution < 1.29 is 13.3 Å². The standard InChI is InChI=1S/C16H16ClN5O4S2/c17-10-2-1-3-12(8-10)21-28(25,26)13-6-7-14(15(9-13)22(23)24)19-20-16(27)18-11-4-5-11/h1-3,6-9,11,19,21H,4-5H2,(H2,18,20,27). The van der Waals surface area contributed by atoms with Crippen LogP contribution >= 0.6 is 23.8 Å². The Morgan fingerprint density at radius 1 is 1.21 bits per heavy atom. The second-order valence-corrected chi connectivity index (χ2v) is 8.58. The van der Waals surface area contributed by atoms with E-state index in [1.54, 1.807) is 12.1 Å². The average Bonchev–Trinajstić information content (AvgIpc) is 3.43. The molecule has 0 saturated heterocycles. The van der Waals surface area contributed by atoms with Gasteiger partial charge < -0.3 is 5.32 Å². The fourth-order valence-electron chi connectivity index (χ4n) is 2.27. The summed E-state index contributed by atoms with van der Waals surface area (Å²) in [5.74, 6) is 0. The van der Waals surface area contributed by atoms with Crippen LogP contribution in [0.4, 0.5) is 17.1 Å². The number of rotatable bonds is 7. The highest BCUT2D eigenvalue weighted by Gasteiger charge is 2.23. The predicted octanol–water partition coefficient (Wildman–Crippen LogP) is 3.00. The molecule has 9 nitrogen and oxygen atoms in total. The Bertz CT molecular complexity index is 1030. The summed E-state index contributed by atoms with van der Waals surface area (Å²) in [7, 11) is -4.04. The topological polar surface area (TPSA) is 125 Å². The Labute approximate surface area is 171 Å². The van der Waals surface area contributed by atoms with E-state index in [4.69, 9.17) is 23.8 Å². The van der Waals surface area contributed by atoms with E-state index in [0.29, 0.717) is 16.2 Å². The van der Waals surface area contributed by atoms with Crippen LogP contribution in [-0.4, -0.2) is 24.5 Å². The maximum Gasteiger partial charge on any atom is 0.295 e. The summed E-state index contributed by atoms with van der Waals surface area (Å²) in [6.45, 7) is 0. The van der Waals surface area contributed by atoms with Crippen molar-refractivity contribution in [3.05, 3.63) is 57.6 Å². The molecule has 3 rings (SSSR count). The van der Waals surface area contributed by atoms with Gasteiger partial charge in [-0.05, 0) is 55.4 Å². The van der Waals surface area contributed by atoms with E-state index < -0.39 is 20.6 Å². The molecule has 1 aliphatic rings. The highest BCUT2D eigenvalue weighted by molar-refractivity contribution is 7.92. The van der Waals surface area contributed by atoms with Crippen molar-refractivity contribution >= 4 is 56.0 Å². The summed E-state index contributed by atoms with van der Waals surface area (Å²) in [6.07, 6.45) is 2.04. The van der Waals surface area contributed by atoms with Gasteiger partial charge in [0.15, 0.2) is 5.11 Å². The van der Waals surface area contributed by atoms with E-state index in [1.165, 1.54) is 24.3 Å². The quantitative estimate of drug-likeness (QED) is 0.293. The first kappa shape index (κ1) is 20.1. The maximum atomic E-state index is 12.5. The summed E-state index contributed by atoms with van der Waals surface area (Å²) in [5, 5.41) is 15.1. The molecule has 0 amide bonds. The molecule has 0 bridgehead atoms. The normalized spacial score (nSPS) is 13.5. The minimum absolute atomic E-state index is 0.0756. The molecule has 4 N–H and O–H groups in total. The zero-order chi connectivity index (χ0) is 20.3. The number of nitro groups is 1. The van der Waals surface area contributed by atoms with Crippen LogP contribution in [0.1, 0.15) is 12.8 Å². The smallest absolute Gasteiger partial charge is 0.295 e. The third-order valence-electron chi connectivity index (χ3n) is 3.78. The Morgan fingerprint density at radius 2 is 1.96 bits per heavy atom. The van der Waals surface area contributed by atoms with Gasteiger partial charge in [-0.15, -0.1) is 0 Å². The number of hydrogen-bond donors (Lipinski definition) is 4. The molecule has 0 aliphatic heterocycles. The summed E-state index contributed by atoms with van der Waals surface area (Å²) in [4.78, 5) is 10.5. The van der Waals surface area contributed by atoms with E-state index in [1.807, 2.05) is 0 Å². The molecule has 0 radical (unpaired) electrons. The van der Waals surface area contributed by atoms with Gasteiger partial charge in [0.2, 0.25) is 0 Å². The monoisotopic (exact) mass is 441 g/mol. The molecular formula is C16H16ClN5O4S2. The van der Waals surface area contributed by atoms with E-state index in [-0.39, 0.29) is 16.3 Å². The zero-order valence-electron chi connectivity index (χ0n) is 14.3. The largest absolute Gasteiger partial charge is 0.359 e. The first-order chi connectivity index (χ1) is 13.2. The van der Waals surface area contributed by atoms with Gasteiger partial charge in [-0.1, -0.05) is 17.7 Å². The number of anilines is 2. The van der Waals surface area contributed by atoms with Crippen molar-refractivity contribution in [2.75, 3.05) is 10.1 Å². The van der Waals surface area contributed by atoms with Crippen molar-refractivity contribution in [2.24, 2.45) is 0 Å². The van der Waals surface area contributed by atoms with Gasteiger partial charge in [-0.3, -0.25) is 25.7 Å². The summed E-state index contributed by atoms with van der Waals surface area (Å²) >= 11 is 10.9. The van der Waals surface area contributed by atoms with E-state index in [2.05, 4.69) is 20.9 Å². The third-order valence-corrected chi connectivity index (χ3v) is 5.61. The van der Waals surface area contributed by atoms with Gasteiger partial charge in [0, 0.05) is 17.1 Å². The molecule has 148 valence electrons. The van der Waals surface area contributed by atoms with Crippen molar-refractivity contribution in [3.63, 3.8) is 0 Å². The fourth-order valence-corrected chi connectivity index (χ4v) is 3.75. The molecule has 0 aromatic heterocycles. The SMILES string of the molecule is O=[N+]([O-])c1cc(S(=O)(=O)Nc2cccc(Cl)c2)ccc1NNC(=S)NC1CC1. The van der Waals surface area contributed by atoms with Crippen LogP contribution in [0.15, 0.2) is 47.4 Å². The number of nitrogens with zero attached hydrogens (tertiary/aromatic N) is 1. The number of hydrogen-bond acceptors (Lipinski definition) is 6.